The first-order valence-corrected chi connectivity index (χ1v) is 11.1. The van der Waals surface area contributed by atoms with Crippen LogP contribution in [-0.4, -0.2) is 0 Å². The van der Waals surface area contributed by atoms with E-state index >= 15 is 0 Å². The quantitative estimate of drug-likeness (QED) is 0.491. The molecule has 2 aromatic carbocycles. The van der Waals surface area contributed by atoms with Crippen molar-refractivity contribution in [2.24, 2.45) is 0 Å². The Kier molecular flexibility index (Phi) is 5.89. The predicted molar refractivity (Wildman–Crippen MR) is 125 cm³/mol. The molecular formula is C28H38. The molecule has 0 nitrogen and oxygen atoms in total. The van der Waals surface area contributed by atoms with Gasteiger partial charge in [0.05, 0.1) is 0 Å². The van der Waals surface area contributed by atoms with Crippen LogP contribution in [0.25, 0.3) is 17.2 Å². The molecule has 0 N–H and O–H groups in total. The third kappa shape index (κ3) is 4.12. The van der Waals surface area contributed by atoms with E-state index in [1.807, 2.05) is 0 Å². The first-order valence-electron chi connectivity index (χ1n) is 11.1. The summed E-state index contributed by atoms with van der Waals surface area (Å²) in [6, 6.07) is 12.1. The number of rotatable bonds is 5. The minimum absolute atomic E-state index is 0.123. The third-order valence-corrected chi connectivity index (χ3v) is 6.08. The molecular weight excluding hydrogens is 336 g/mol. The number of fused-ring (bicyclic) bond motifs is 1. The molecule has 1 aliphatic carbocycles. The van der Waals surface area contributed by atoms with Gasteiger partial charge in [0.2, 0.25) is 0 Å². The molecule has 28 heavy (non-hydrogen) atoms. The molecule has 0 aliphatic heterocycles. The summed E-state index contributed by atoms with van der Waals surface area (Å²) in [5, 5.41) is 0. The van der Waals surface area contributed by atoms with Gasteiger partial charge in [-0.1, -0.05) is 104 Å². The largest absolute Gasteiger partial charge is 0.0652 e. The minimum atomic E-state index is 0.123. The molecule has 0 heteroatoms. The molecule has 0 radical (unpaired) electrons. The molecule has 0 aromatic heterocycles. The Labute approximate surface area is 173 Å². The van der Waals surface area contributed by atoms with E-state index < -0.39 is 0 Å². The van der Waals surface area contributed by atoms with Crippen LogP contribution >= 0.6 is 0 Å². The van der Waals surface area contributed by atoms with Crippen LogP contribution in [0.3, 0.4) is 0 Å². The third-order valence-electron chi connectivity index (χ3n) is 6.08. The van der Waals surface area contributed by atoms with Gasteiger partial charge in [-0.15, -0.1) is 0 Å². The van der Waals surface area contributed by atoms with Crippen molar-refractivity contribution < 1.29 is 0 Å². The molecule has 0 saturated heterocycles. The van der Waals surface area contributed by atoms with Gasteiger partial charge in [-0.25, -0.2) is 0 Å². The Hall–Kier alpha value is -1.82. The van der Waals surface area contributed by atoms with Gasteiger partial charge in [-0.2, -0.15) is 0 Å². The predicted octanol–water partition coefficient (Wildman–Crippen LogP) is 8.64. The van der Waals surface area contributed by atoms with Crippen LogP contribution in [-0.2, 0) is 11.8 Å². The summed E-state index contributed by atoms with van der Waals surface area (Å²) >= 11 is 0. The van der Waals surface area contributed by atoms with Crippen molar-refractivity contribution in [1.29, 1.82) is 0 Å². The Morgan fingerprint density at radius 2 is 1.50 bits per heavy atom. The highest BCUT2D eigenvalue weighted by Crippen LogP contribution is 2.43. The molecule has 2 aromatic rings. The van der Waals surface area contributed by atoms with Crippen molar-refractivity contribution in [1.82, 2.24) is 0 Å². The lowest BCUT2D eigenvalue weighted by Gasteiger charge is -2.26. The van der Waals surface area contributed by atoms with E-state index in [9.17, 15) is 0 Å². The summed E-state index contributed by atoms with van der Waals surface area (Å²) in [4.78, 5) is 0. The first kappa shape index (κ1) is 20.9. The van der Waals surface area contributed by atoms with Gasteiger partial charge in [0.25, 0.3) is 0 Å². The summed E-state index contributed by atoms with van der Waals surface area (Å²) in [5.74, 6) is 1.08. The van der Waals surface area contributed by atoms with Gasteiger partial charge in [-0.3, -0.25) is 0 Å². The maximum atomic E-state index is 2.50. The molecule has 3 rings (SSSR count). The van der Waals surface area contributed by atoms with Crippen LogP contribution in [0.15, 0.2) is 35.9 Å². The molecule has 1 aliphatic rings. The van der Waals surface area contributed by atoms with E-state index in [2.05, 4.69) is 91.8 Å². The number of hydrogen-bond donors (Lipinski definition) is 0. The highest BCUT2D eigenvalue weighted by molar-refractivity contribution is 5.84. The van der Waals surface area contributed by atoms with E-state index in [-0.39, 0.29) is 5.41 Å². The van der Waals surface area contributed by atoms with Crippen molar-refractivity contribution >= 4 is 6.08 Å². The maximum absolute atomic E-state index is 2.50. The monoisotopic (exact) mass is 374 g/mol. The van der Waals surface area contributed by atoms with Crippen LogP contribution in [0.4, 0.5) is 0 Å². The first-order chi connectivity index (χ1) is 13.1. The molecule has 0 spiro atoms. The lowest BCUT2D eigenvalue weighted by atomic mass is 9.78. The van der Waals surface area contributed by atoms with Crippen molar-refractivity contribution in [3.05, 3.63) is 63.7 Å². The van der Waals surface area contributed by atoms with Gasteiger partial charge in [0, 0.05) is 0 Å². The van der Waals surface area contributed by atoms with Crippen LogP contribution in [0.1, 0.15) is 108 Å². The van der Waals surface area contributed by atoms with Gasteiger partial charge in [-0.05, 0) is 69.0 Å². The zero-order chi connectivity index (χ0) is 20.6. The van der Waals surface area contributed by atoms with E-state index in [0.717, 1.165) is 6.42 Å². The zero-order valence-corrected chi connectivity index (χ0v) is 19.2. The number of benzene rings is 2. The summed E-state index contributed by atoms with van der Waals surface area (Å²) in [5.41, 5.74) is 12.0. The van der Waals surface area contributed by atoms with E-state index in [1.54, 1.807) is 5.57 Å². The van der Waals surface area contributed by atoms with Gasteiger partial charge < -0.3 is 0 Å². The highest BCUT2D eigenvalue weighted by atomic mass is 14.3. The number of allylic oxidation sites excluding steroid dienone is 1. The molecule has 0 unspecified atom stereocenters. The summed E-state index contributed by atoms with van der Waals surface area (Å²) in [7, 11) is 0. The lowest BCUT2D eigenvalue weighted by molar-refractivity contribution is 0.591. The topological polar surface area (TPSA) is 0 Å². The maximum Gasteiger partial charge on any atom is -0.00576 e. The van der Waals surface area contributed by atoms with E-state index in [0.29, 0.717) is 11.8 Å². The van der Waals surface area contributed by atoms with Crippen LogP contribution in [0.5, 0.6) is 0 Å². The lowest BCUT2D eigenvalue weighted by Crippen LogP contribution is -2.14. The Balaban J connectivity index is 2.31. The molecule has 0 fully saturated rings. The highest BCUT2D eigenvalue weighted by Gasteiger charge is 2.25. The fourth-order valence-corrected chi connectivity index (χ4v) is 4.39. The smallest absolute Gasteiger partial charge is 0.00576 e. The number of hydrogen-bond acceptors (Lipinski definition) is 0. The van der Waals surface area contributed by atoms with E-state index in [4.69, 9.17) is 0 Å². The Bertz CT molecular complexity index is 859. The summed E-state index contributed by atoms with van der Waals surface area (Å²) < 4.78 is 0. The molecule has 0 bridgehead atoms. The zero-order valence-electron chi connectivity index (χ0n) is 19.2. The Morgan fingerprint density at radius 3 is 2.00 bits per heavy atom. The van der Waals surface area contributed by atoms with Crippen molar-refractivity contribution in [2.45, 2.75) is 91.9 Å². The molecule has 0 heterocycles. The molecule has 0 saturated carbocycles. The second-order valence-corrected chi connectivity index (χ2v) is 10.2. The molecule has 0 amide bonds. The minimum Gasteiger partial charge on any atom is -0.0652 e. The average molecular weight is 375 g/mol. The van der Waals surface area contributed by atoms with Crippen LogP contribution < -0.4 is 0 Å². The Morgan fingerprint density at radius 1 is 0.893 bits per heavy atom. The van der Waals surface area contributed by atoms with Crippen molar-refractivity contribution in [2.75, 3.05) is 0 Å². The SMILES string of the molecule is CCCC1=Cc2c(ccc(C(C)(C)C)c2-c2cc(C(C)C)cc(C(C)C)c2)C1. The van der Waals surface area contributed by atoms with Gasteiger partial charge in [0.15, 0.2) is 0 Å². The second kappa shape index (κ2) is 7.90. The van der Waals surface area contributed by atoms with Gasteiger partial charge >= 0.3 is 0 Å². The van der Waals surface area contributed by atoms with Crippen molar-refractivity contribution in [3.63, 3.8) is 0 Å². The fraction of sp³-hybridized carbons (Fsp3) is 0.500. The van der Waals surface area contributed by atoms with Gasteiger partial charge in [0.1, 0.15) is 0 Å². The molecule has 0 atom stereocenters. The standard InChI is InChI=1S/C28H38/c1-9-10-20-13-21-11-12-26(28(6,7)8)27(25(21)14-20)24-16-22(18(2)3)15-23(17-24)19(4)5/h11-12,14-19H,9-10,13H2,1-8H3. The van der Waals surface area contributed by atoms with Crippen LogP contribution in [0, 0.1) is 0 Å². The normalized spacial score (nSPS) is 14.0. The van der Waals surface area contributed by atoms with Crippen molar-refractivity contribution in [3.8, 4) is 11.1 Å². The summed E-state index contributed by atoms with van der Waals surface area (Å²) in [6.45, 7) is 18.6. The molecule has 150 valence electrons. The second-order valence-electron chi connectivity index (χ2n) is 10.2. The average Bonchev–Trinajstić information content (AvgIpc) is 3.02. The van der Waals surface area contributed by atoms with Crippen LogP contribution in [0.2, 0.25) is 0 Å². The summed E-state index contributed by atoms with van der Waals surface area (Å²) in [6.07, 6.45) is 6.06. The van der Waals surface area contributed by atoms with E-state index in [1.165, 1.54) is 51.8 Å². The fourth-order valence-electron chi connectivity index (χ4n) is 4.39.